The number of ether oxygens (including phenoxy) is 1. The second-order valence-electron chi connectivity index (χ2n) is 3.13. The molecule has 0 atom stereocenters. The van der Waals surface area contributed by atoms with E-state index in [0.717, 1.165) is 18.2 Å². The van der Waals surface area contributed by atoms with Crippen LogP contribution in [0.3, 0.4) is 0 Å². The molecule has 0 saturated carbocycles. The van der Waals surface area contributed by atoms with Crippen LogP contribution >= 0.6 is 0 Å². The highest BCUT2D eigenvalue weighted by atomic mass is 32.2. The Labute approximate surface area is 97.7 Å². The third-order valence-electron chi connectivity index (χ3n) is 2.07. The molecule has 7 nitrogen and oxygen atoms in total. The van der Waals surface area contributed by atoms with E-state index in [9.17, 15) is 18.5 Å². The van der Waals surface area contributed by atoms with Crippen molar-refractivity contribution in [1.82, 2.24) is 0 Å². The smallest absolute Gasteiger partial charge is 0.310 e. The van der Waals surface area contributed by atoms with Crippen LogP contribution in [0.5, 0.6) is 5.75 Å². The summed E-state index contributed by atoms with van der Waals surface area (Å²) in [7, 11) is -2.42. The summed E-state index contributed by atoms with van der Waals surface area (Å²) in [4.78, 5) is 9.82. The van der Waals surface area contributed by atoms with Gasteiger partial charge in [-0.15, -0.1) is 0 Å². The highest BCUT2D eigenvalue weighted by molar-refractivity contribution is 7.91. The number of rotatable bonds is 5. The molecule has 1 rings (SSSR count). The van der Waals surface area contributed by atoms with Crippen molar-refractivity contribution < 1.29 is 23.2 Å². The first kappa shape index (κ1) is 13.4. The minimum atomic E-state index is -3.64. The summed E-state index contributed by atoms with van der Waals surface area (Å²) < 4.78 is 27.9. The van der Waals surface area contributed by atoms with Crippen LogP contribution in [0.1, 0.15) is 0 Å². The summed E-state index contributed by atoms with van der Waals surface area (Å²) in [6, 6.07) is 3.25. The predicted molar refractivity (Wildman–Crippen MR) is 58.8 cm³/mol. The molecular weight excluding hydrogens is 250 g/mol. The number of nitro benzene ring substituents is 1. The van der Waals surface area contributed by atoms with Crippen molar-refractivity contribution in [1.29, 1.82) is 0 Å². The topological polar surface area (TPSA) is 107 Å². The molecule has 0 unspecified atom stereocenters. The Balaban J connectivity index is 3.27. The van der Waals surface area contributed by atoms with Crippen LogP contribution in [0.25, 0.3) is 0 Å². The van der Waals surface area contributed by atoms with Crippen LogP contribution in [0.4, 0.5) is 5.69 Å². The van der Waals surface area contributed by atoms with Crippen molar-refractivity contribution in [2.75, 3.05) is 19.5 Å². The molecule has 1 aromatic carbocycles. The molecule has 94 valence electrons. The Kier molecular flexibility index (Phi) is 4.02. The van der Waals surface area contributed by atoms with E-state index < -0.39 is 27.1 Å². The Hall–Kier alpha value is -1.67. The monoisotopic (exact) mass is 261 g/mol. The van der Waals surface area contributed by atoms with Gasteiger partial charge in [0.1, 0.15) is 0 Å². The molecule has 0 heterocycles. The Morgan fingerprint density at radius 1 is 1.47 bits per heavy atom. The molecule has 8 heteroatoms. The van der Waals surface area contributed by atoms with Gasteiger partial charge in [0.15, 0.2) is 15.6 Å². The fourth-order valence-electron chi connectivity index (χ4n) is 1.24. The van der Waals surface area contributed by atoms with E-state index in [-0.39, 0.29) is 16.3 Å². The SMILES string of the molecule is COc1cc(S(=O)(=O)CCO)ccc1[N+](=O)[O-]. The number of aliphatic hydroxyl groups excluding tert-OH is 1. The summed E-state index contributed by atoms with van der Waals surface area (Å²) in [5.74, 6) is -0.567. The van der Waals surface area contributed by atoms with Crippen molar-refractivity contribution in [3.8, 4) is 5.75 Å². The Bertz CT molecular complexity index is 524. The Morgan fingerprint density at radius 3 is 2.59 bits per heavy atom. The van der Waals surface area contributed by atoms with Gasteiger partial charge in [-0.25, -0.2) is 8.42 Å². The first-order valence-corrected chi connectivity index (χ1v) is 6.23. The van der Waals surface area contributed by atoms with Crippen LogP contribution in [0, 0.1) is 10.1 Å². The second-order valence-corrected chi connectivity index (χ2v) is 5.24. The molecule has 0 radical (unpaired) electrons. The molecule has 17 heavy (non-hydrogen) atoms. The standard InChI is InChI=1S/C9H11NO6S/c1-16-9-6-7(17(14,15)5-4-11)2-3-8(9)10(12)13/h2-3,6,11H,4-5H2,1H3. The van der Waals surface area contributed by atoms with Crippen molar-refractivity contribution in [3.63, 3.8) is 0 Å². The van der Waals surface area contributed by atoms with Crippen molar-refractivity contribution in [2.45, 2.75) is 4.90 Å². The molecule has 0 saturated heterocycles. The average molecular weight is 261 g/mol. The van der Waals surface area contributed by atoms with Crippen molar-refractivity contribution in [3.05, 3.63) is 28.3 Å². The van der Waals surface area contributed by atoms with Gasteiger partial charge in [-0.2, -0.15) is 0 Å². The molecule has 0 aliphatic carbocycles. The number of nitro groups is 1. The lowest BCUT2D eigenvalue weighted by Gasteiger charge is -2.05. The maximum absolute atomic E-state index is 11.6. The molecule has 0 aliphatic rings. The van der Waals surface area contributed by atoms with E-state index in [1.54, 1.807) is 0 Å². The van der Waals surface area contributed by atoms with Gasteiger partial charge < -0.3 is 9.84 Å². The number of nitrogens with zero attached hydrogens (tertiary/aromatic N) is 1. The zero-order valence-corrected chi connectivity index (χ0v) is 9.81. The maximum Gasteiger partial charge on any atom is 0.310 e. The minimum absolute atomic E-state index is 0.117. The van der Waals surface area contributed by atoms with Gasteiger partial charge in [0.05, 0.1) is 29.3 Å². The zero-order chi connectivity index (χ0) is 13.1. The minimum Gasteiger partial charge on any atom is -0.490 e. The lowest BCUT2D eigenvalue weighted by molar-refractivity contribution is -0.385. The second kappa shape index (κ2) is 5.11. The van der Waals surface area contributed by atoms with Crippen LogP contribution in [-0.4, -0.2) is 37.9 Å². The molecule has 1 N–H and O–H groups in total. The predicted octanol–water partition coefficient (Wildman–Crippen LogP) is 0.369. The average Bonchev–Trinajstić information content (AvgIpc) is 2.27. The van der Waals surface area contributed by atoms with Gasteiger partial charge in [-0.3, -0.25) is 10.1 Å². The molecule has 0 aromatic heterocycles. The zero-order valence-electron chi connectivity index (χ0n) is 8.99. The van der Waals surface area contributed by atoms with Gasteiger partial charge in [-0.1, -0.05) is 0 Å². The number of aliphatic hydroxyl groups is 1. The van der Waals surface area contributed by atoms with E-state index in [0.29, 0.717) is 0 Å². The lowest BCUT2D eigenvalue weighted by atomic mass is 10.3. The summed E-state index contributed by atoms with van der Waals surface area (Å²) in [5, 5.41) is 19.2. The Morgan fingerprint density at radius 2 is 2.12 bits per heavy atom. The number of sulfone groups is 1. The molecule has 0 amide bonds. The highest BCUT2D eigenvalue weighted by Crippen LogP contribution is 2.29. The molecular formula is C9H11NO6S. The summed E-state index contributed by atoms with van der Waals surface area (Å²) in [6.07, 6.45) is 0. The van der Waals surface area contributed by atoms with E-state index >= 15 is 0 Å². The third-order valence-corrected chi connectivity index (χ3v) is 3.76. The summed E-state index contributed by atoms with van der Waals surface area (Å²) in [6.45, 7) is -0.512. The van der Waals surface area contributed by atoms with Crippen LogP contribution in [-0.2, 0) is 9.84 Å². The van der Waals surface area contributed by atoms with Crippen LogP contribution in [0.15, 0.2) is 23.1 Å². The van der Waals surface area contributed by atoms with Crippen LogP contribution < -0.4 is 4.74 Å². The van der Waals surface area contributed by atoms with Gasteiger partial charge in [0, 0.05) is 12.1 Å². The van der Waals surface area contributed by atoms with Gasteiger partial charge in [-0.05, 0) is 6.07 Å². The number of hydrogen-bond acceptors (Lipinski definition) is 6. The molecule has 0 fully saturated rings. The summed E-state index contributed by atoms with van der Waals surface area (Å²) in [5.41, 5.74) is -0.310. The van der Waals surface area contributed by atoms with E-state index in [4.69, 9.17) is 9.84 Å². The first-order chi connectivity index (χ1) is 7.92. The quantitative estimate of drug-likeness (QED) is 0.606. The van der Waals surface area contributed by atoms with Gasteiger partial charge >= 0.3 is 5.69 Å². The number of methoxy groups -OCH3 is 1. The highest BCUT2D eigenvalue weighted by Gasteiger charge is 2.20. The van der Waals surface area contributed by atoms with E-state index in [1.165, 1.54) is 7.11 Å². The fourth-order valence-corrected chi connectivity index (χ4v) is 2.28. The number of benzene rings is 1. The third kappa shape index (κ3) is 2.92. The van der Waals surface area contributed by atoms with Gasteiger partial charge in [0.25, 0.3) is 0 Å². The largest absolute Gasteiger partial charge is 0.490 e. The van der Waals surface area contributed by atoms with Crippen molar-refractivity contribution in [2.24, 2.45) is 0 Å². The summed E-state index contributed by atoms with van der Waals surface area (Å²) >= 11 is 0. The van der Waals surface area contributed by atoms with Crippen molar-refractivity contribution >= 4 is 15.5 Å². The van der Waals surface area contributed by atoms with E-state index in [1.807, 2.05) is 0 Å². The van der Waals surface area contributed by atoms with E-state index in [2.05, 4.69) is 0 Å². The molecule has 0 spiro atoms. The first-order valence-electron chi connectivity index (χ1n) is 4.58. The molecule has 0 bridgehead atoms. The molecule has 1 aromatic rings. The molecule has 0 aliphatic heterocycles. The van der Waals surface area contributed by atoms with Gasteiger partial charge in [0.2, 0.25) is 0 Å². The normalized spacial score (nSPS) is 11.2. The fraction of sp³-hybridized carbons (Fsp3) is 0.333. The number of hydrogen-bond donors (Lipinski definition) is 1. The van der Waals surface area contributed by atoms with Crippen LogP contribution in [0.2, 0.25) is 0 Å². The maximum atomic E-state index is 11.6. The lowest BCUT2D eigenvalue weighted by Crippen LogP contribution is -2.10.